The van der Waals surface area contributed by atoms with E-state index in [0.29, 0.717) is 10.7 Å². The summed E-state index contributed by atoms with van der Waals surface area (Å²) in [5.74, 6) is 0.0234. The number of carbonyl (C=O) groups excluding carboxylic acids is 1. The molecule has 4 nitrogen and oxygen atoms in total. The maximum atomic E-state index is 12.0. The van der Waals surface area contributed by atoms with Crippen molar-refractivity contribution in [2.75, 3.05) is 5.73 Å². The van der Waals surface area contributed by atoms with E-state index in [0.717, 1.165) is 11.4 Å². The Morgan fingerprint density at radius 3 is 2.61 bits per heavy atom. The standard InChI is InChI=1S/C12H13N3OS.BrH/c1-2-11-14-15(12(13)17-11)8-10(16)9-6-4-3-5-7-9;/h3-7,13H,2,8H2,1H3;1H. The number of Topliss-reactive ketones (excluding diaryl/α,β-unsaturated/α-hetero) is 1. The van der Waals surface area contributed by atoms with Gasteiger partial charge in [0.1, 0.15) is 5.01 Å². The fourth-order valence-corrected chi connectivity index (χ4v) is 2.22. The number of halogens is 1. The van der Waals surface area contributed by atoms with Crippen molar-refractivity contribution in [3.05, 3.63) is 40.9 Å². The lowest BCUT2D eigenvalue weighted by Gasteiger charge is -1.97. The molecule has 0 saturated heterocycles. The summed E-state index contributed by atoms with van der Waals surface area (Å²) in [7, 11) is 0. The van der Waals surface area contributed by atoms with Gasteiger partial charge in [-0.05, 0) is 11.3 Å². The van der Waals surface area contributed by atoms with Gasteiger partial charge < -0.3 is 17.0 Å². The highest BCUT2D eigenvalue weighted by Crippen LogP contribution is 2.10. The average molecular weight is 328 g/mol. The van der Waals surface area contributed by atoms with Crippen LogP contribution in [0.5, 0.6) is 0 Å². The van der Waals surface area contributed by atoms with Crippen LogP contribution in [-0.4, -0.2) is 10.9 Å². The number of aromatic nitrogens is 2. The first kappa shape index (κ1) is 14.8. The molecule has 0 aliphatic rings. The molecular weight excluding hydrogens is 314 g/mol. The van der Waals surface area contributed by atoms with Gasteiger partial charge in [0.2, 0.25) is 5.78 Å². The second-order valence-corrected chi connectivity index (χ2v) is 4.73. The number of nitrogens with zero attached hydrogens (tertiary/aromatic N) is 2. The van der Waals surface area contributed by atoms with Crippen LogP contribution >= 0.6 is 11.3 Å². The Hall–Kier alpha value is -1.27. The van der Waals surface area contributed by atoms with Crippen LogP contribution in [0.1, 0.15) is 22.3 Å². The lowest BCUT2D eigenvalue weighted by molar-refractivity contribution is -0.723. The quantitative estimate of drug-likeness (QED) is 0.547. The van der Waals surface area contributed by atoms with Crippen molar-refractivity contribution in [2.45, 2.75) is 19.9 Å². The van der Waals surface area contributed by atoms with E-state index in [-0.39, 0.29) is 29.3 Å². The van der Waals surface area contributed by atoms with Gasteiger partial charge in [-0.2, -0.15) is 0 Å². The molecule has 0 bridgehead atoms. The molecule has 2 rings (SSSR count). The molecule has 96 valence electrons. The van der Waals surface area contributed by atoms with Gasteiger partial charge in [0.15, 0.2) is 6.54 Å². The van der Waals surface area contributed by atoms with Crippen LogP contribution in [-0.2, 0) is 13.0 Å². The van der Waals surface area contributed by atoms with E-state index in [1.807, 2.05) is 25.1 Å². The smallest absolute Gasteiger partial charge is 0.354 e. The average Bonchev–Trinajstić information content (AvgIpc) is 2.71. The molecule has 0 fully saturated rings. The number of hydrogen-bond donors (Lipinski definition) is 1. The molecule has 0 saturated carbocycles. The highest BCUT2D eigenvalue weighted by atomic mass is 79.9. The Balaban J connectivity index is 0.00000162. The minimum Gasteiger partial charge on any atom is -1.00 e. The third-order valence-electron chi connectivity index (χ3n) is 2.40. The van der Waals surface area contributed by atoms with E-state index in [2.05, 4.69) is 5.10 Å². The van der Waals surface area contributed by atoms with Crippen LogP contribution in [0.2, 0.25) is 0 Å². The predicted octanol–water partition coefficient (Wildman–Crippen LogP) is -1.54. The molecule has 0 atom stereocenters. The zero-order chi connectivity index (χ0) is 12.3. The minimum atomic E-state index is 0. The molecule has 1 heterocycles. The normalized spacial score (nSPS) is 9.83. The maximum absolute atomic E-state index is 12.0. The predicted molar refractivity (Wildman–Crippen MR) is 66.9 cm³/mol. The van der Waals surface area contributed by atoms with Gasteiger partial charge in [-0.3, -0.25) is 10.5 Å². The zero-order valence-electron chi connectivity index (χ0n) is 9.97. The van der Waals surface area contributed by atoms with Crippen molar-refractivity contribution < 1.29 is 26.5 Å². The summed E-state index contributed by atoms with van der Waals surface area (Å²) in [6, 6.07) is 9.17. The van der Waals surface area contributed by atoms with Gasteiger partial charge in [-0.25, -0.2) is 0 Å². The highest BCUT2D eigenvalue weighted by molar-refractivity contribution is 7.14. The van der Waals surface area contributed by atoms with E-state index in [1.54, 1.807) is 16.8 Å². The maximum Gasteiger partial charge on any atom is 0.354 e. The fourth-order valence-electron chi connectivity index (χ4n) is 1.49. The lowest BCUT2D eigenvalue weighted by atomic mass is 10.1. The molecular formula is C12H14BrN3OS. The topological polar surface area (TPSA) is 59.9 Å². The molecule has 0 amide bonds. The van der Waals surface area contributed by atoms with E-state index in [1.165, 1.54) is 11.3 Å². The van der Waals surface area contributed by atoms with E-state index >= 15 is 0 Å². The molecule has 0 aliphatic carbocycles. The Bertz CT molecular complexity index is 527. The molecule has 2 N–H and O–H groups in total. The van der Waals surface area contributed by atoms with E-state index in [9.17, 15) is 4.79 Å². The summed E-state index contributed by atoms with van der Waals surface area (Å²) in [5, 5.41) is 5.81. The van der Waals surface area contributed by atoms with E-state index < -0.39 is 0 Å². The summed E-state index contributed by atoms with van der Waals surface area (Å²) in [4.78, 5) is 12.0. The van der Waals surface area contributed by atoms with Gasteiger partial charge in [0.25, 0.3) is 0 Å². The number of rotatable bonds is 4. The monoisotopic (exact) mass is 327 g/mol. The van der Waals surface area contributed by atoms with Gasteiger partial charge in [0, 0.05) is 12.0 Å². The van der Waals surface area contributed by atoms with Crippen LogP contribution in [0, 0.1) is 0 Å². The summed E-state index contributed by atoms with van der Waals surface area (Å²) in [6.45, 7) is 2.22. The van der Waals surface area contributed by atoms with Crippen molar-refractivity contribution in [3.63, 3.8) is 0 Å². The lowest BCUT2D eigenvalue weighted by Crippen LogP contribution is -3.00. The third-order valence-corrected chi connectivity index (χ3v) is 3.43. The Morgan fingerprint density at radius 1 is 1.39 bits per heavy atom. The van der Waals surface area contributed by atoms with Crippen molar-refractivity contribution in [1.29, 1.82) is 0 Å². The molecule has 2 aromatic rings. The molecule has 0 aliphatic heterocycles. The largest absolute Gasteiger partial charge is 1.00 e. The zero-order valence-corrected chi connectivity index (χ0v) is 12.4. The van der Waals surface area contributed by atoms with Gasteiger partial charge in [0.05, 0.1) is 0 Å². The second-order valence-electron chi connectivity index (χ2n) is 3.63. The van der Waals surface area contributed by atoms with Crippen molar-refractivity contribution in [1.82, 2.24) is 5.10 Å². The van der Waals surface area contributed by atoms with Crippen LogP contribution in [0.4, 0.5) is 5.13 Å². The second kappa shape index (κ2) is 6.61. The number of nitrogen functional groups attached to an aromatic ring is 1. The molecule has 1 aromatic carbocycles. The summed E-state index contributed by atoms with van der Waals surface area (Å²) in [5.41, 5.74) is 6.50. The first-order chi connectivity index (χ1) is 8.20. The minimum absolute atomic E-state index is 0. The Morgan fingerprint density at radius 2 is 2.06 bits per heavy atom. The fraction of sp³-hybridized carbons (Fsp3) is 0.250. The molecule has 0 spiro atoms. The van der Waals surface area contributed by atoms with Gasteiger partial charge in [-0.1, -0.05) is 42.4 Å². The number of carbonyl (C=O) groups is 1. The van der Waals surface area contributed by atoms with Crippen molar-refractivity contribution in [2.24, 2.45) is 0 Å². The van der Waals surface area contributed by atoms with Crippen LogP contribution < -0.4 is 27.4 Å². The number of anilines is 1. The van der Waals surface area contributed by atoms with Crippen LogP contribution in [0.15, 0.2) is 30.3 Å². The molecule has 0 unspecified atom stereocenters. The van der Waals surface area contributed by atoms with Crippen molar-refractivity contribution >= 4 is 22.3 Å². The third kappa shape index (κ3) is 3.36. The number of nitrogens with two attached hydrogens (primary N) is 1. The number of benzene rings is 1. The first-order valence-corrected chi connectivity index (χ1v) is 6.26. The summed E-state index contributed by atoms with van der Waals surface area (Å²) in [6.07, 6.45) is 0.835. The van der Waals surface area contributed by atoms with Crippen molar-refractivity contribution in [3.8, 4) is 0 Å². The summed E-state index contributed by atoms with van der Waals surface area (Å²) < 4.78 is 1.57. The van der Waals surface area contributed by atoms with E-state index in [4.69, 9.17) is 5.73 Å². The highest BCUT2D eigenvalue weighted by Gasteiger charge is 2.17. The molecule has 6 heteroatoms. The SMILES string of the molecule is CCc1n[n+](CC(=O)c2ccccc2)c(N)s1.[Br-]. The number of ketones is 1. The van der Waals surface area contributed by atoms with Gasteiger partial charge in [-0.15, -0.1) is 4.68 Å². The number of hydrogen-bond acceptors (Lipinski definition) is 4. The summed E-state index contributed by atoms with van der Waals surface area (Å²) >= 11 is 1.43. The first-order valence-electron chi connectivity index (χ1n) is 5.44. The van der Waals surface area contributed by atoms with Crippen LogP contribution in [0.25, 0.3) is 0 Å². The van der Waals surface area contributed by atoms with Gasteiger partial charge >= 0.3 is 5.13 Å². The molecule has 1 aromatic heterocycles. The van der Waals surface area contributed by atoms with Crippen LogP contribution in [0.3, 0.4) is 0 Å². The molecule has 18 heavy (non-hydrogen) atoms. The Labute approximate surface area is 120 Å². The Kier molecular flexibility index (Phi) is 5.43. The molecule has 0 radical (unpaired) electrons. The number of aryl methyl sites for hydroxylation is 1.